The average Bonchev–Trinajstić information content (AvgIpc) is 3.12. The van der Waals surface area contributed by atoms with Gasteiger partial charge in [0.15, 0.2) is 5.96 Å². The van der Waals surface area contributed by atoms with Crippen molar-refractivity contribution in [1.29, 1.82) is 0 Å². The van der Waals surface area contributed by atoms with Crippen molar-refractivity contribution in [1.82, 2.24) is 20.0 Å². The number of nitrogens with one attached hydrogen (secondary N) is 1. The topological polar surface area (TPSA) is 63.9 Å². The second-order valence-corrected chi connectivity index (χ2v) is 6.41. The largest absolute Gasteiger partial charge is 0.434 e. The lowest BCUT2D eigenvalue weighted by Crippen LogP contribution is -2.48. The Balaban J connectivity index is 1.74. The van der Waals surface area contributed by atoms with E-state index in [1.165, 1.54) is 6.07 Å². The molecule has 0 radical (unpaired) electrons. The molecule has 3 rings (SSSR count). The molecule has 1 unspecified atom stereocenters. The number of nitrogens with zero attached hydrogens (tertiary/aromatic N) is 4. The number of rotatable bonds is 6. The third kappa shape index (κ3) is 5.19. The van der Waals surface area contributed by atoms with Crippen molar-refractivity contribution in [3.8, 4) is 5.75 Å². The van der Waals surface area contributed by atoms with Crippen LogP contribution in [0.5, 0.6) is 5.75 Å². The van der Waals surface area contributed by atoms with Gasteiger partial charge in [-0.15, -0.1) is 0 Å². The number of aryl methyl sites for hydroxylation is 1. The van der Waals surface area contributed by atoms with Crippen molar-refractivity contribution < 1.29 is 18.3 Å². The van der Waals surface area contributed by atoms with Gasteiger partial charge in [0.1, 0.15) is 11.9 Å². The molecule has 1 fully saturated rings. The summed E-state index contributed by atoms with van der Waals surface area (Å²) < 4.78 is 37.5. The molecule has 1 aromatic carbocycles. The molecule has 1 aromatic heterocycles. The molecule has 152 valence electrons. The number of aliphatic imine (C=N–C) groups is 1. The van der Waals surface area contributed by atoms with Crippen LogP contribution in [0, 0.1) is 0 Å². The van der Waals surface area contributed by atoms with Crippen LogP contribution >= 0.6 is 0 Å². The number of aromatic nitrogens is 2. The summed E-state index contributed by atoms with van der Waals surface area (Å²) in [4.78, 5) is 6.75. The predicted molar refractivity (Wildman–Crippen MR) is 101 cm³/mol. The van der Waals surface area contributed by atoms with E-state index in [0.717, 1.165) is 5.56 Å². The first-order valence-corrected chi connectivity index (χ1v) is 9.23. The predicted octanol–water partition coefficient (Wildman–Crippen LogP) is 2.56. The van der Waals surface area contributed by atoms with Crippen molar-refractivity contribution in [2.45, 2.75) is 26.2 Å². The van der Waals surface area contributed by atoms with Crippen LogP contribution in [-0.2, 0) is 18.3 Å². The minimum atomic E-state index is -2.86. The second-order valence-electron chi connectivity index (χ2n) is 6.41. The minimum absolute atomic E-state index is 0.0965. The van der Waals surface area contributed by atoms with E-state index in [2.05, 4.69) is 25.0 Å². The Hall–Kier alpha value is -2.68. The molecule has 0 aliphatic carbocycles. The number of alkyl halides is 2. The van der Waals surface area contributed by atoms with E-state index in [1.54, 1.807) is 29.1 Å². The molecule has 1 aliphatic heterocycles. The van der Waals surface area contributed by atoms with Gasteiger partial charge in [-0.3, -0.25) is 4.68 Å². The summed E-state index contributed by atoms with van der Waals surface area (Å²) in [5.74, 6) is 0.860. The van der Waals surface area contributed by atoms with Gasteiger partial charge >= 0.3 is 6.61 Å². The number of morpholine rings is 1. The molecule has 0 saturated carbocycles. The number of hydrogen-bond acceptors (Lipinski definition) is 4. The van der Waals surface area contributed by atoms with Gasteiger partial charge in [-0.25, -0.2) is 4.99 Å². The fourth-order valence-corrected chi connectivity index (χ4v) is 3.08. The maximum Gasteiger partial charge on any atom is 0.387 e. The summed E-state index contributed by atoms with van der Waals surface area (Å²) in [5.41, 5.74) is 1.62. The van der Waals surface area contributed by atoms with E-state index in [0.29, 0.717) is 37.8 Å². The van der Waals surface area contributed by atoms with Crippen LogP contribution in [0.1, 0.15) is 24.2 Å². The van der Waals surface area contributed by atoms with Crippen LogP contribution in [0.4, 0.5) is 8.78 Å². The Bertz CT molecular complexity index is 796. The van der Waals surface area contributed by atoms with Gasteiger partial charge in [0.2, 0.25) is 0 Å². The first-order chi connectivity index (χ1) is 13.6. The highest BCUT2D eigenvalue weighted by Gasteiger charge is 2.25. The SMILES string of the molecule is CCNC(=NCc1ccccc1OC(F)F)N1CCOC(c2cnn(C)c2)C1. The molecule has 28 heavy (non-hydrogen) atoms. The number of para-hydroxylation sites is 1. The first-order valence-electron chi connectivity index (χ1n) is 9.23. The Morgan fingerprint density at radius 1 is 1.43 bits per heavy atom. The Labute approximate surface area is 163 Å². The molecule has 2 heterocycles. The van der Waals surface area contributed by atoms with Crippen molar-refractivity contribution in [2.75, 3.05) is 26.2 Å². The Kier molecular flexibility index (Phi) is 6.80. The molecule has 1 atom stereocenters. The smallest absolute Gasteiger partial charge is 0.387 e. The molecule has 1 N–H and O–H groups in total. The van der Waals surface area contributed by atoms with Gasteiger partial charge < -0.3 is 19.7 Å². The van der Waals surface area contributed by atoms with Crippen molar-refractivity contribution >= 4 is 5.96 Å². The van der Waals surface area contributed by atoms with Gasteiger partial charge in [-0.1, -0.05) is 18.2 Å². The Morgan fingerprint density at radius 3 is 2.96 bits per heavy atom. The van der Waals surface area contributed by atoms with Gasteiger partial charge in [0.05, 0.1) is 25.9 Å². The number of halogens is 2. The third-order valence-electron chi connectivity index (χ3n) is 4.39. The first kappa shape index (κ1) is 20.1. The standard InChI is InChI=1S/C19H25F2N5O2/c1-3-22-19(23-10-14-6-4-5-7-16(14)28-18(20)21)26-8-9-27-17(13-26)15-11-24-25(2)12-15/h4-7,11-12,17-18H,3,8-10,13H2,1-2H3,(H,22,23). The highest BCUT2D eigenvalue weighted by Crippen LogP contribution is 2.23. The zero-order valence-corrected chi connectivity index (χ0v) is 16.0. The van der Waals surface area contributed by atoms with E-state index in [1.807, 2.05) is 20.2 Å². The van der Waals surface area contributed by atoms with Crippen LogP contribution in [-0.4, -0.2) is 53.5 Å². The summed E-state index contributed by atoms with van der Waals surface area (Å²) in [7, 11) is 1.87. The zero-order chi connectivity index (χ0) is 19.9. The minimum Gasteiger partial charge on any atom is -0.434 e. The maximum atomic E-state index is 12.6. The molecule has 1 aliphatic rings. The van der Waals surface area contributed by atoms with E-state index in [9.17, 15) is 8.78 Å². The summed E-state index contributed by atoms with van der Waals surface area (Å²) >= 11 is 0. The Morgan fingerprint density at radius 2 is 2.25 bits per heavy atom. The lowest BCUT2D eigenvalue weighted by atomic mass is 10.1. The molecular formula is C19H25F2N5O2. The molecule has 1 saturated heterocycles. The molecular weight excluding hydrogens is 368 g/mol. The fourth-order valence-electron chi connectivity index (χ4n) is 3.08. The highest BCUT2D eigenvalue weighted by molar-refractivity contribution is 5.80. The summed E-state index contributed by atoms with van der Waals surface area (Å²) in [6.07, 6.45) is 3.65. The van der Waals surface area contributed by atoms with E-state index >= 15 is 0 Å². The summed E-state index contributed by atoms with van der Waals surface area (Å²) in [6.45, 7) is 1.95. The molecule has 7 nitrogen and oxygen atoms in total. The number of hydrogen-bond donors (Lipinski definition) is 1. The van der Waals surface area contributed by atoms with Crippen LogP contribution in [0.25, 0.3) is 0 Å². The number of guanidine groups is 1. The van der Waals surface area contributed by atoms with Crippen LogP contribution < -0.4 is 10.1 Å². The van der Waals surface area contributed by atoms with E-state index < -0.39 is 6.61 Å². The second kappa shape index (κ2) is 9.50. The van der Waals surface area contributed by atoms with Crippen LogP contribution in [0.15, 0.2) is 41.7 Å². The lowest BCUT2D eigenvalue weighted by Gasteiger charge is -2.34. The van der Waals surface area contributed by atoms with Gasteiger partial charge in [0.25, 0.3) is 0 Å². The molecule has 2 aromatic rings. The fraction of sp³-hybridized carbons (Fsp3) is 0.474. The van der Waals surface area contributed by atoms with Crippen molar-refractivity contribution in [3.05, 3.63) is 47.8 Å². The normalized spacial score (nSPS) is 17.8. The third-order valence-corrected chi connectivity index (χ3v) is 4.39. The molecule has 0 bridgehead atoms. The highest BCUT2D eigenvalue weighted by atomic mass is 19.3. The zero-order valence-electron chi connectivity index (χ0n) is 16.0. The van der Waals surface area contributed by atoms with Gasteiger partial charge in [-0.2, -0.15) is 13.9 Å². The number of ether oxygens (including phenoxy) is 2. The average molecular weight is 393 g/mol. The summed E-state index contributed by atoms with van der Waals surface area (Å²) in [6, 6.07) is 6.71. The molecule has 0 spiro atoms. The quantitative estimate of drug-likeness (QED) is 0.604. The summed E-state index contributed by atoms with van der Waals surface area (Å²) in [5, 5.41) is 7.48. The van der Waals surface area contributed by atoms with E-state index in [-0.39, 0.29) is 18.4 Å². The van der Waals surface area contributed by atoms with Crippen molar-refractivity contribution in [3.63, 3.8) is 0 Å². The van der Waals surface area contributed by atoms with Gasteiger partial charge in [0, 0.05) is 37.5 Å². The van der Waals surface area contributed by atoms with Gasteiger partial charge in [-0.05, 0) is 13.0 Å². The lowest BCUT2D eigenvalue weighted by molar-refractivity contribution is -0.0504. The monoisotopic (exact) mass is 393 g/mol. The molecule has 9 heteroatoms. The maximum absolute atomic E-state index is 12.6. The number of benzene rings is 1. The van der Waals surface area contributed by atoms with E-state index in [4.69, 9.17) is 4.74 Å². The van der Waals surface area contributed by atoms with Crippen LogP contribution in [0.3, 0.4) is 0 Å². The molecule has 0 amide bonds. The van der Waals surface area contributed by atoms with Crippen LogP contribution in [0.2, 0.25) is 0 Å². The van der Waals surface area contributed by atoms with Crippen molar-refractivity contribution in [2.24, 2.45) is 12.0 Å².